The zero-order valence-electron chi connectivity index (χ0n) is 14.1. The first-order valence-electron chi connectivity index (χ1n) is 8.41. The van der Waals surface area contributed by atoms with Crippen molar-refractivity contribution in [2.24, 2.45) is 0 Å². The van der Waals surface area contributed by atoms with Crippen LogP contribution in [-0.2, 0) is 13.0 Å². The van der Waals surface area contributed by atoms with E-state index in [1.807, 2.05) is 34.9 Å². The van der Waals surface area contributed by atoms with Gasteiger partial charge in [0.1, 0.15) is 5.82 Å². The number of nitriles is 1. The number of imidazole rings is 1. The first-order valence-corrected chi connectivity index (χ1v) is 8.79. The van der Waals surface area contributed by atoms with Crippen LogP contribution in [0.1, 0.15) is 11.3 Å². The van der Waals surface area contributed by atoms with Gasteiger partial charge in [-0.15, -0.1) is 0 Å². The number of halogens is 1. The number of hydrogen-bond acceptors (Lipinski definition) is 2. The molecule has 0 unspecified atom stereocenters. The van der Waals surface area contributed by atoms with Crippen molar-refractivity contribution >= 4 is 22.4 Å². The summed E-state index contributed by atoms with van der Waals surface area (Å²) in [5, 5.41) is 11.9. The molecule has 3 aromatic carbocycles. The van der Waals surface area contributed by atoms with Crippen LogP contribution in [-0.4, -0.2) is 9.55 Å². The van der Waals surface area contributed by atoms with Crippen LogP contribution in [0.25, 0.3) is 22.2 Å². The zero-order valence-corrected chi connectivity index (χ0v) is 14.8. The van der Waals surface area contributed by atoms with Crippen LogP contribution in [0.2, 0.25) is 5.15 Å². The third-order valence-corrected chi connectivity index (χ3v) is 4.76. The predicted molar refractivity (Wildman–Crippen MR) is 105 cm³/mol. The number of hydrogen-bond donors (Lipinski definition) is 0. The summed E-state index contributed by atoms with van der Waals surface area (Å²) in [6.45, 7) is 0.625. The largest absolute Gasteiger partial charge is 0.321 e. The van der Waals surface area contributed by atoms with E-state index in [9.17, 15) is 5.26 Å². The fourth-order valence-electron chi connectivity index (χ4n) is 3.19. The Balaban J connectivity index is 1.86. The molecule has 0 aliphatic heterocycles. The molecule has 0 radical (unpaired) electrons. The van der Waals surface area contributed by atoms with E-state index in [1.54, 1.807) is 0 Å². The van der Waals surface area contributed by atoms with E-state index in [4.69, 9.17) is 11.6 Å². The average molecular weight is 358 g/mol. The Labute approximate surface area is 157 Å². The maximum absolute atomic E-state index is 9.21. The molecule has 0 amide bonds. The van der Waals surface area contributed by atoms with Gasteiger partial charge in [-0.25, -0.2) is 4.98 Å². The molecule has 4 aromatic rings. The van der Waals surface area contributed by atoms with Gasteiger partial charge in [0.15, 0.2) is 5.15 Å². The van der Waals surface area contributed by atoms with E-state index >= 15 is 0 Å². The first-order chi connectivity index (χ1) is 12.8. The fourth-order valence-corrected chi connectivity index (χ4v) is 3.43. The van der Waals surface area contributed by atoms with Gasteiger partial charge >= 0.3 is 0 Å². The number of aromatic nitrogens is 2. The van der Waals surface area contributed by atoms with Gasteiger partial charge in [-0.1, -0.05) is 78.3 Å². The first kappa shape index (κ1) is 16.4. The molecule has 4 rings (SSSR count). The van der Waals surface area contributed by atoms with Crippen molar-refractivity contribution in [3.63, 3.8) is 0 Å². The molecule has 126 valence electrons. The van der Waals surface area contributed by atoms with Gasteiger partial charge in [-0.2, -0.15) is 5.26 Å². The van der Waals surface area contributed by atoms with E-state index < -0.39 is 0 Å². The van der Waals surface area contributed by atoms with E-state index in [2.05, 4.69) is 53.5 Å². The van der Waals surface area contributed by atoms with Gasteiger partial charge in [0.25, 0.3) is 0 Å². The lowest BCUT2D eigenvalue weighted by atomic mass is 10.1. The second-order valence-corrected chi connectivity index (χ2v) is 6.50. The van der Waals surface area contributed by atoms with Gasteiger partial charge < -0.3 is 4.57 Å². The highest BCUT2D eigenvalue weighted by atomic mass is 35.5. The Kier molecular flexibility index (Phi) is 4.43. The van der Waals surface area contributed by atoms with Gasteiger partial charge in [-0.05, 0) is 22.4 Å². The predicted octanol–water partition coefficient (Wildman–Crippen LogP) is 5.47. The molecule has 3 nitrogen and oxygen atoms in total. The van der Waals surface area contributed by atoms with Crippen molar-refractivity contribution in [3.05, 3.63) is 89.2 Å². The highest BCUT2D eigenvalue weighted by Crippen LogP contribution is 2.29. The minimum atomic E-state index is 0.228. The monoisotopic (exact) mass is 357 g/mol. The summed E-state index contributed by atoms with van der Waals surface area (Å²) in [5.74, 6) is 0.787. The third-order valence-electron chi connectivity index (χ3n) is 4.46. The minimum Gasteiger partial charge on any atom is -0.321 e. The average Bonchev–Trinajstić information content (AvgIpc) is 2.98. The molecule has 4 heteroatoms. The molecule has 0 aliphatic carbocycles. The van der Waals surface area contributed by atoms with Gasteiger partial charge in [0.05, 0.1) is 18.2 Å². The second kappa shape index (κ2) is 7.03. The van der Waals surface area contributed by atoms with Crippen molar-refractivity contribution in [2.75, 3.05) is 0 Å². The molecule has 1 aromatic heterocycles. The van der Waals surface area contributed by atoms with Crippen LogP contribution in [0, 0.1) is 11.3 Å². The number of benzene rings is 3. The maximum atomic E-state index is 9.21. The van der Waals surface area contributed by atoms with Crippen molar-refractivity contribution in [2.45, 2.75) is 13.0 Å². The quantitative estimate of drug-likeness (QED) is 0.486. The molecule has 0 aliphatic rings. The Morgan fingerprint density at radius 3 is 2.42 bits per heavy atom. The Morgan fingerprint density at radius 2 is 1.65 bits per heavy atom. The summed E-state index contributed by atoms with van der Waals surface area (Å²) in [6, 6.07) is 26.8. The van der Waals surface area contributed by atoms with E-state index in [0.29, 0.717) is 11.7 Å². The van der Waals surface area contributed by atoms with Crippen LogP contribution in [0.15, 0.2) is 72.8 Å². The van der Waals surface area contributed by atoms with Crippen molar-refractivity contribution in [1.82, 2.24) is 9.55 Å². The minimum absolute atomic E-state index is 0.228. The van der Waals surface area contributed by atoms with Crippen molar-refractivity contribution in [3.8, 4) is 17.5 Å². The molecule has 0 fully saturated rings. The molecule has 0 spiro atoms. The Bertz CT molecular complexity index is 1110. The van der Waals surface area contributed by atoms with Crippen LogP contribution in [0.5, 0.6) is 0 Å². The van der Waals surface area contributed by atoms with E-state index in [1.165, 1.54) is 5.39 Å². The number of nitrogens with zero attached hydrogens (tertiary/aromatic N) is 3. The van der Waals surface area contributed by atoms with Gasteiger partial charge in [0, 0.05) is 12.1 Å². The molecular weight excluding hydrogens is 342 g/mol. The SMILES string of the molecule is N#CCc1c(Cl)nc(-c2ccc3ccccc3c2)n1Cc1ccccc1. The lowest BCUT2D eigenvalue weighted by molar-refractivity contribution is 0.767. The summed E-state index contributed by atoms with van der Waals surface area (Å²) in [4.78, 5) is 4.58. The molecule has 0 atom stereocenters. The normalized spacial score (nSPS) is 10.8. The van der Waals surface area contributed by atoms with Crippen molar-refractivity contribution < 1.29 is 0 Å². The topological polar surface area (TPSA) is 41.6 Å². The van der Waals surface area contributed by atoms with Crippen LogP contribution < -0.4 is 0 Å². The Hall–Kier alpha value is -3.09. The Morgan fingerprint density at radius 1 is 0.923 bits per heavy atom. The lowest BCUT2D eigenvalue weighted by Crippen LogP contribution is -2.06. The highest BCUT2D eigenvalue weighted by molar-refractivity contribution is 6.30. The summed E-state index contributed by atoms with van der Waals surface area (Å²) < 4.78 is 2.05. The molecule has 26 heavy (non-hydrogen) atoms. The van der Waals surface area contributed by atoms with E-state index in [-0.39, 0.29) is 6.42 Å². The molecule has 0 saturated carbocycles. The smallest absolute Gasteiger partial charge is 0.152 e. The maximum Gasteiger partial charge on any atom is 0.152 e. The standard InChI is InChI=1S/C22H16ClN3/c23-21-20(12-13-24)26(15-16-6-2-1-3-7-16)22(25-21)19-11-10-17-8-4-5-9-18(17)14-19/h1-11,14H,12,15H2. The summed E-state index contributed by atoms with van der Waals surface area (Å²) in [6.07, 6.45) is 0.228. The summed E-state index contributed by atoms with van der Waals surface area (Å²) in [7, 11) is 0. The van der Waals surface area contributed by atoms with Gasteiger partial charge in [0.2, 0.25) is 0 Å². The molecule has 0 bridgehead atoms. The molecule has 0 saturated heterocycles. The lowest BCUT2D eigenvalue weighted by Gasteiger charge is -2.12. The molecular formula is C22H16ClN3. The second-order valence-electron chi connectivity index (χ2n) is 6.14. The third kappa shape index (κ3) is 3.08. The van der Waals surface area contributed by atoms with Gasteiger partial charge in [-0.3, -0.25) is 0 Å². The van der Waals surface area contributed by atoms with Crippen LogP contribution >= 0.6 is 11.6 Å². The summed E-state index contributed by atoms with van der Waals surface area (Å²) >= 11 is 6.38. The molecule has 1 heterocycles. The number of rotatable bonds is 4. The van der Waals surface area contributed by atoms with Crippen LogP contribution in [0.3, 0.4) is 0 Å². The van der Waals surface area contributed by atoms with Crippen molar-refractivity contribution in [1.29, 1.82) is 5.26 Å². The highest BCUT2D eigenvalue weighted by Gasteiger charge is 2.17. The zero-order chi connectivity index (χ0) is 17.9. The number of fused-ring (bicyclic) bond motifs is 1. The van der Waals surface area contributed by atoms with Crippen LogP contribution in [0.4, 0.5) is 0 Å². The molecule has 0 N–H and O–H groups in total. The fraction of sp³-hybridized carbons (Fsp3) is 0.0909. The summed E-state index contributed by atoms with van der Waals surface area (Å²) in [5.41, 5.74) is 2.88. The van der Waals surface area contributed by atoms with E-state index in [0.717, 1.165) is 28.0 Å².